The molecule has 3 rings (SSSR count). The molecule has 10 heteroatoms. The van der Waals surface area contributed by atoms with E-state index in [1.165, 1.54) is 0 Å². The van der Waals surface area contributed by atoms with Crippen LogP contribution in [0.4, 0.5) is 0 Å². The number of esters is 3. The van der Waals surface area contributed by atoms with Crippen molar-refractivity contribution in [3.8, 4) is 0 Å². The molecule has 0 saturated heterocycles. The van der Waals surface area contributed by atoms with Crippen LogP contribution in [0.15, 0.2) is 91.0 Å². The second-order valence-corrected chi connectivity index (χ2v) is 12.2. The lowest BCUT2D eigenvalue weighted by molar-refractivity contribution is -0.150. The Morgan fingerprint density at radius 2 is 1.15 bits per heavy atom. The van der Waals surface area contributed by atoms with Gasteiger partial charge in [0.1, 0.15) is 13.2 Å². The number of halogens is 1. The molecule has 41 heavy (non-hydrogen) atoms. The van der Waals surface area contributed by atoms with Crippen LogP contribution in [0.25, 0.3) is 0 Å². The van der Waals surface area contributed by atoms with Gasteiger partial charge in [-0.3, -0.25) is 18.9 Å². The maximum atomic E-state index is 14.1. The lowest BCUT2D eigenvalue weighted by Crippen LogP contribution is -2.24. The fourth-order valence-corrected chi connectivity index (χ4v) is 6.39. The molecule has 0 aromatic heterocycles. The van der Waals surface area contributed by atoms with Gasteiger partial charge in [0.2, 0.25) is 7.37 Å². The Bertz CT molecular complexity index is 1270. The molecule has 3 aromatic carbocycles. The third-order valence-corrected chi connectivity index (χ3v) is 8.79. The monoisotopic (exact) mass is 600 g/mol. The Hall–Kier alpha value is -3.45. The zero-order chi connectivity index (χ0) is 29.3. The Labute approximate surface area is 245 Å². The molecular formula is C31H34ClO8P. The van der Waals surface area contributed by atoms with Crippen molar-refractivity contribution in [1.29, 1.82) is 0 Å². The summed E-state index contributed by atoms with van der Waals surface area (Å²) in [4.78, 5) is 37.8. The van der Waals surface area contributed by atoms with Crippen LogP contribution in [0.3, 0.4) is 0 Å². The van der Waals surface area contributed by atoms with E-state index in [1.807, 2.05) is 91.0 Å². The van der Waals surface area contributed by atoms with Crippen LogP contribution in [0.1, 0.15) is 36.0 Å². The number of rotatable bonds is 17. The minimum atomic E-state index is -3.59. The Morgan fingerprint density at radius 1 is 0.659 bits per heavy atom. The third-order valence-electron chi connectivity index (χ3n) is 6.18. The minimum Gasteiger partial charge on any atom is -0.461 e. The molecule has 0 fully saturated rings. The summed E-state index contributed by atoms with van der Waals surface area (Å²) in [7, 11) is -3.59. The van der Waals surface area contributed by atoms with Gasteiger partial charge in [0.15, 0.2) is 6.07 Å². The van der Waals surface area contributed by atoms with E-state index in [9.17, 15) is 18.9 Å². The lowest BCUT2D eigenvalue weighted by atomic mass is 10.1. The van der Waals surface area contributed by atoms with E-state index in [-0.39, 0.29) is 57.5 Å². The van der Waals surface area contributed by atoms with Crippen LogP contribution in [0.5, 0.6) is 0 Å². The first kappa shape index (κ1) is 32.1. The lowest BCUT2D eigenvalue weighted by Gasteiger charge is -2.23. The number of carbonyl (C=O) groups excluding carboxylic acids is 3. The summed E-state index contributed by atoms with van der Waals surface area (Å²) in [6, 6.07) is 27.2. The average Bonchev–Trinajstić information content (AvgIpc) is 3.00. The maximum absolute atomic E-state index is 14.1. The number of benzene rings is 3. The van der Waals surface area contributed by atoms with E-state index in [0.29, 0.717) is 0 Å². The zero-order valence-corrected chi connectivity index (χ0v) is 24.3. The van der Waals surface area contributed by atoms with Crippen molar-refractivity contribution in [2.75, 3.05) is 18.4 Å². The van der Waals surface area contributed by atoms with Gasteiger partial charge in [-0.15, -0.1) is 0 Å². The minimum absolute atomic E-state index is 0.0197. The van der Waals surface area contributed by atoms with E-state index >= 15 is 0 Å². The Balaban J connectivity index is 1.71. The molecule has 218 valence electrons. The first-order chi connectivity index (χ1) is 19.9. The van der Waals surface area contributed by atoms with Gasteiger partial charge in [-0.25, -0.2) is 0 Å². The molecule has 0 amide bonds. The fraction of sp³-hybridized carbons (Fsp3) is 0.323. The Morgan fingerprint density at radius 3 is 1.68 bits per heavy atom. The SMILES string of the molecule is O=C(CCP(=O)(CC(CCC(=O)OCc1ccccc1)C(=O)OCc1ccccc1)OCc1ccccc1)OCCl. The molecule has 0 N–H and O–H groups in total. The van der Waals surface area contributed by atoms with Crippen molar-refractivity contribution in [1.82, 2.24) is 0 Å². The molecule has 0 spiro atoms. The van der Waals surface area contributed by atoms with Gasteiger partial charge in [-0.2, -0.15) is 0 Å². The first-order valence-corrected chi connectivity index (χ1v) is 15.8. The van der Waals surface area contributed by atoms with E-state index < -0.39 is 31.2 Å². The summed E-state index contributed by atoms with van der Waals surface area (Å²) in [5.74, 6) is -2.68. The molecule has 0 aliphatic carbocycles. The van der Waals surface area contributed by atoms with E-state index in [0.717, 1.165) is 16.7 Å². The summed E-state index contributed by atoms with van der Waals surface area (Å²) >= 11 is 5.49. The highest BCUT2D eigenvalue weighted by atomic mass is 35.5. The molecule has 3 aromatic rings. The molecule has 0 aliphatic rings. The van der Waals surface area contributed by atoms with Crippen LogP contribution in [-0.2, 0) is 57.5 Å². The molecular weight excluding hydrogens is 567 g/mol. The van der Waals surface area contributed by atoms with Gasteiger partial charge in [0.05, 0.1) is 18.9 Å². The van der Waals surface area contributed by atoms with Gasteiger partial charge in [-0.05, 0) is 23.1 Å². The first-order valence-electron chi connectivity index (χ1n) is 13.2. The van der Waals surface area contributed by atoms with Crippen molar-refractivity contribution >= 4 is 36.9 Å². The highest BCUT2D eigenvalue weighted by molar-refractivity contribution is 7.59. The molecule has 8 nitrogen and oxygen atoms in total. The summed E-state index contributed by atoms with van der Waals surface area (Å²) < 4.78 is 35.6. The Kier molecular flexibility index (Phi) is 13.6. The fourth-order valence-electron chi connectivity index (χ4n) is 3.94. The molecule has 0 bridgehead atoms. The van der Waals surface area contributed by atoms with Gasteiger partial charge in [0.25, 0.3) is 0 Å². The molecule has 2 atom stereocenters. The largest absolute Gasteiger partial charge is 0.461 e. The van der Waals surface area contributed by atoms with Crippen LogP contribution in [0.2, 0.25) is 0 Å². The number of hydrogen-bond acceptors (Lipinski definition) is 8. The number of ether oxygens (including phenoxy) is 3. The van der Waals surface area contributed by atoms with Crippen molar-refractivity contribution in [3.63, 3.8) is 0 Å². The van der Waals surface area contributed by atoms with Crippen LogP contribution in [0, 0.1) is 5.92 Å². The van der Waals surface area contributed by atoms with Crippen LogP contribution < -0.4 is 0 Å². The van der Waals surface area contributed by atoms with Crippen LogP contribution >= 0.6 is 19.0 Å². The smallest absolute Gasteiger partial charge is 0.309 e. The topological polar surface area (TPSA) is 105 Å². The molecule has 0 saturated carbocycles. The molecule has 0 radical (unpaired) electrons. The van der Waals surface area contributed by atoms with Crippen molar-refractivity contribution in [2.45, 2.75) is 39.1 Å². The van der Waals surface area contributed by atoms with Crippen molar-refractivity contribution in [3.05, 3.63) is 108 Å². The van der Waals surface area contributed by atoms with Gasteiger partial charge >= 0.3 is 17.9 Å². The van der Waals surface area contributed by atoms with E-state index in [2.05, 4.69) is 0 Å². The van der Waals surface area contributed by atoms with Crippen molar-refractivity contribution in [2.24, 2.45) is 5.92 Å². The van der Waals surface area contributed by atoms with E-state index in [1.54, 1.807) is 0 Å². The normalized spacial score (nSPS) is 13.0. The second kappa shape index (κ2) is 17.4. The van der Waals surface area contributed by atoms with Gasteiger partial charge in [-0.1, -0.05) is 103 Å². The predicted molar refractivity (Wildman–Crippen MR) is 155 cm³/mol. The summed E-state index contributed by atoms with van der Waals surface area (Å²) in [5.41, 5.74) is 2.40. The summed E-state index contributed by atoms with van der Waals surface area (Å²) in [6.45, 7) is 0.142. The highest BCUT2D eigenvalue weighted by Gasteiger charge is 2.34. The quantitative estimate of drug-likeness (QED) is 0.0749. The van der Waals surface area contributed by atoms with Crippen LogP contribution in [-0.4, -0.2) is 36.3 Å². The molecule has 2 unspecified atom stereocenters. The number of hydrogen-bond donors (Lipinski definition) is 0. The second-order valence-electron chi connectivity index (χ2n) is 9.33. The summed E-state index contributed by atoms with van der Waals surface area (Å²) in [6.07, 6.45) is -0.634. The highest BCUT2D eigenvalue weighted by Crippen LogP contribution is 2.50. The van der Waals surface area contributed by atoms with E-state index in [4.69, 9.17) is 30.3 Å². The number of carbonyl (C=O) groups is 3. The number of alkyl halides is 1. The van der Waals surface area contributed by atoms with Gasteiger partial charge in [0, 0.05) is 18.7 Å². The molecule has 0 heterocycles. The average molecular weight is 601 g/mol. The summed E-state index contributed by atoms with van der Waals surface area (Å²) in [5, 5.41) is 0. The predicted octanol–water partition coefficient (Wildman–Crippen LogP) is 6.49. The van der Waals surface area contributed by atoms with Crippen molar-refractivity contribution < 1.29 is 37.7 Å². The third kappa shape index (κ3) is 12.3. The maximum Gasteiger partial charge on any atom is 0.309 e. The standard InChI is InChI=1S/C31H34ClO8P/c32-24-39-30(34)18-19-41(36,40-22-27-14-8-3-9-15-27)23-28(31(35)38-21-26-12-6-2-7-13-26)16-17-29(33)37-20-25-10-4-1-5-11-25/h1-15,28H,16-24H2. The molecule has 0 aliphatic heterocycles. The van der Waals surface area contributed by atoms with Gasteiger partial charge < -0.3 is 18.7 Å². The zero-order valence-electron chi connectivity index (χ0n) is 22.7.